The first-order chi connectivity index (χ1) is 15.1. The third-order valence-corrected chi connectivity index (χ3v) is 6.25. The van der Waals surface area contributed by atoms with Crippen LogP contribution in [0.1, 0.15) is 60.3 Å². The smallest absolute Gasteiger partial charge is 0.279 e. The summed E-state index contributed by atoms with van der Waals surface area (Å²) in [7, 11) is 0. The number of halogens is 2. The van der Waals surface area contributed by atoms with Crippen LogP contribution in [0, 0.1) is 0 Å². The van der Waals surface area contributed by atoms with Crippen LogP contribution in [-0.4, -0.2) is 64.7 Å². The van der Waals surface area contributed by atoms with Crippen molar-refractivity contribution >= 4 is 5.91 Å². The van der Waals surface area contributed by atoms with Gasteiger partial charge in [0.2, 0.25) is 0 Å². The van der Waals surface area contributed by atoms with Gasteiger partial charge in [0.15, 0.2) is 5.69 Å². The number of aromatic amines is 1. The van der Waals surface area contributed by atoms with E-state index in [1.54, 1.807) is 4.90 Å². The Kier molecular flexibility index (Phi) is 7.17. The molecule has 4 rings (SSSR count). The molecule has 31 heavy (non-hydrogen) atoms. The summed E-state index contributed by atoms with van der Waals surface area (Å²) in [5.74, 6) is 0.535. The van der Waals surface area contributed by atoms with Crippen LogP contribution in [0.25, 0.3) is 0 Å². The minimum atomic E-state index is -2.67. The number of amides is 1. The van der Waals surface area contributed by atoms with Crippen LogP contribution in [0.3, 0.4) is 0 Å². The summed E-state index contributed by atoms with van der Waals surface area (Å²) in [5, 5.41) is 6.10. The monoisotopic (exact) mass is 432 g/mol. The molecule has 1 unspecified atom stereocenters. The summed E-state index contributed by atoms with van der Waals surface area (Å²) < 4.78 is 31.7. The van der Waals surface area contributed by atoms with Gasteiger partial charge in [0.05, 0.1) is 6.61 Å². The number of carbonyl (C=O) groups is 1. The molecule has 1 atom stereocenters. The molecule has 2 aliphatic rings. The number of carbonyl (C=O) groups excluding carboxylic acids is 1. The molecule has 0 spiro atoms. The lowest BCUT2D eigenvalue weighted by Crippen LogP contribution is -2.45. The normalized spacial score (nSPS) is 21.3. The highest BCUT2D eigenvalue weighted by atomic mass is 19.3. The number of aromatic nitrogens is 2. The number of nitrogens with zero attached hydrogens (tertiary/aromatic N) is 3. The van der Waals surface area contributed by atoms with Gasteiger partial charge >= 0.3 is 0 Å². The zero-order chi connectivity index (χ0) is 21.6. The molecule has 2 aliphatic heterocycles. The third-order valence-electron chi connectivity index (χ3n) is 6.25. The Morgan fingerprint density at radius 3 is 2.84 bits per heavy atom. The number of ether oxygens (including phenoxy) is 1. The van der Waals surface area contributed by atoms with Crippen LogP contribution >= 0.6 is 0 Å². The fraction of sp³-hybridized carbons (Fsp3) is 0.565. The van der Waals surface area contributed by atoms with E-state index >= 15 is 0 Å². The number of H-pyrrole nitrogens is 1. The number of fused-ring (bicyclic) bond motifs is 3. The van der Waals surface area contributed by atoms with E-state index in [0.29, 0.717) is 32.2 Å². The molecule has 1 saturated heterocycles. The van der Waals surface area contributed by atoms with Crippen molar-refractivity contribution in [3.05, 3.63) is 47.3 Å². The maximum absolute atomic E-state index is 13.0. The molecule has 0 saturated carbocycles. The highest BCUT2D eigenvalue weighted by Gasteiger charge is 2.25. The number of alkyl halides is 2. The predicted molar refractivity (Wildman–Crippen MR) is 114 cm³/mol. The second kappa shape index (κ2) is 10.2. The van der Waals surface area contributed by atoms with Crippen LogP contribution in [0.15, 0.2) is 30.3 Å². The molecule has 168 valence electrons. The maximum Gasteiger partial charge on any atom is 0.279 e. The first-order valence-electron chi connectivity index (χ1n) is 11.2. The summed E-state index contributed by atoms with van der Waals surface area (Å²) >= 11 is 0. The van der Waals surface area contributed by atoms with E-state index in [-0.39, 0.29) is 17.3 Å². The van der Waals surface area contributed by atoms with Crippen molar-refractivity contribution in [1.82, 2.24) is 20.0 Å². The van der Waals surface area contributed by atoms with E-state index in [4.69, 9.17) is 4.74 Å². The van der Waals surface area contributed by atoms with E-state index in [1.807, 2.05) is 12.1 Å². The number of aryl methyl sites for hydroxylation is 1. The molecule has 1 N–H and O–H groups in total. The van der Waals surface area contributed by atoms with Gasteiger partial charge in [-0.15, -0.1) is 0 Å². The average Bonchev–Trinajstić information content (AvgIpc) is 3.28. The Morgan fingerprint density at radius 2 is 2.00 bits per heavy atom. The van der Waals surface area contributed by atoms with Gasteiger partial charge in [-0.25, -0.2) is 8.78 Å². The van der Waals surface area contributed by atoms with Gasteiger partial charge in [0.25, 0.3) is 12.3 Å². The maximum atomic E-state index is 13.0. The largest absolute Gasteiger partial charge is 0.494 e. The Balaban J connectivity index is 1.50. The van der Waals surface area contributed by atoms with Crippen molar-refractivity contribution in [1.29, 1.82) is 0 Å². The molecule has 1 aromatic heterocycles. The SMILES string of the molecule is O=C(c1cc(C(F)F)[nH]n1)N1CCCOc2cccc(c2)CCC2CCCCN2CC1. The standard InChI is InChI=1S/C23H30F2N4O2/c24-22(25)20-16-21(27-26-20)23(30)29-11-4-14-31-19-7-3-5-17(15-19)8-9-18-6-1-2-10-28(18)12-13-29/h3,5,7,15-16,18,22H,1-2,4,6,8-14H2,(H,26,27). The lowest BCUT2D eigenvalue weighted by Gasteiger charge is -2.37. The van der Waals surface area contributed by atoms with Crippen molar-refractivity contribution in [2.75, 3.05) is 32.8 Å². The van der Waals surface area contributed by atoms with E-state index in [2.05, 4.69) is 27.2 Å². The Morgan fingerprint density at radius 1 is 1.10 bits per heavy atom. The molecule has 0 aliphatic carbocycles. The number of hydrogen-bond donors (Lipinski definition) is 1. The summed E-state index contributed by atoms with van der Waals surface area (Å²) in [5.41, 5.74) is 1.01. The topological polar surface area (TPSA) is 61.5 Å². The lowest BCUT2D eigenvalue weighted by molar-refractivity contribution is 0.0677. The fourth-order valence-electron chi connectivity index (χ4n) is 4.53. The van der Waals surface area contributed by atoms with Crippen LogP contribution in [-0.2, 0) is 6.42 Å². The molecule has 8 heteroatoms. The summed E-state index contributed by atoms with van der Waals surface area (Å²) in [6, 6.07) is 9.91. The summed E-state index contributed by atoms with van der Waals surface area (Å²) in [6.45, 7) is 3.35. The quantitative estimate of drug-likeness (QED) is 0.778. The van der Waals surface area contributed by atoms with Crippen LogP contribution in [0.5, 0.6) is 5.75 Å². The number of benzene rings is 1. The molecule has 1 amide bonds. The van der Waals surface area contributed by atoms with E-state index < -0.39 is 6.43 Å². The predicted octanol–water partition coefficient (Wildman–Crippen LogP) is 4.06. The minimum absolute atomic E-state index is 0.0419. The highest BCUT2D eigenvalue weighted by Crippen LogP contribution is 2.23. The first-order valence-corrected chi connectivity index (χ1v) is 11.2. The fourth-order valence-corrected chi connectivity index (χ4v) is 4.53. The van der Waals surface area contributed by atoms with Crippen molar-refractivity contribution < 1.29 is 18.3 Å². The van der Waals surface area contributed by atoms with Gasteiger partial charge in [-0.3, -0.25) is 14.8 Å². The highest BCUT2D eigenvalue weighted by molar-refractivity contribution is 5.92. The molecule has 1 aromatic carbocycles. The van der Waals surface area contributed by atoms with Crippen LogP contribution in [0.2, 0.25) is 0 Å². The third kappa shape index (κ3) is 5.61. The van der Waals surface area contributed by atoms with Gasteiger partial charge in [-0.2, -0.15) is 5.10 Å². The molecule has 6 nitrogen and oxygen atoms in total. The Hall–Kier alpha value is -2.48. The minimum Gasteiger partial charge on any atom is -0.494 e. The van der Waals surface area contributed by atoms with Crippen LogP contribution < -0.4 is 4.74 Å². The first kappa shape index (κ1) is 21.7. The number of piperidine rings is 1. The van der Waals surface area contributed by atoms with E-state index in [0.717, 1.165) is 37.7 Å². The van der Waals surface area contributed by atoms with Crippen molar-refractivity contribution in [2.24, 2.45) is 0 Å². The second-order valence-corrected chi connectivity index (χ2v) is 8.38. The van der Waals surface area contributed by atoms with Crippen molar-refractivity contribution in [3.63, 3.8) is 0 Å². The van der Waals surface area contributed by atoms with Crippen LogP contribution in [0.4, 0.5) is 8.78 Å². The van der Waals surface area contributed by atoms with E-state index in [1.165, 1.54) is 24.8 Å². The second-order valence-electron chi connectivity index (χ2n) is 8.38. The summed E-state index contributed by atoms with van der Waals surface area (Å²) in [4.78, 5) is 17.2. The van der Waals surface area contributed by atoms with Crippen molar-refractivity contribution in [2.45, 2.75) is 51.0 Å². The average molecular weight is 433 g/mol. The van der Waals surface area contributed by atoms with Gasteiger partial charge in [0, 0.05) is 25.7 Å². The van der Waals surface area contributed by atoms with Gasteiger partial charge in [0.1, 0.15) is 11.4 Å². The Labute approximate surface area is 181 Å². The number of rotatable bonds is 2. The number of nitrogens with one attached hydrogen (secondary N) is 1. The van der Waals surface area contributed by atoms with Gasteiger partial charge in [-0.1, -0.05) is 18.6 Å². The molecule has 2 aromatic rings. The zero-order valence-electron chi connectivity index (χ0n) is 17.7. The lowest BCUT2D eigenvalue weighted by atomic mass is 9.95. The molecular formula is C23H30F2N4O2. The van der Waals surface area contributed by atoms with Gasteiger partial charge < -0.3 is 9.64 Å². The van der Waals surface area contributed by atoms with E-state index in [9.17, 15) is 13.6 Å². The van der Waals surface area contributed by atoms with Crippen molar-refractivity contribution in [3.8, 4) is 5.75 Å². The molecule has 0 radical (unpaired) electrons. The molecule has 2 bridgehead atoms. The Bertz CT molecular complexity index is 873. The molecular weight excluding hydrogens is 402 g/mol. The summed E-state index contributed by atoms with van der Waals surface area (Å²) in [6.07, 6.45) is 3.64. The molecule has 3 heterocycles. The zero-order valence-corrected chi connectivity index (χ0v) is 17.7. The van der Waals surface area contributed by atoms with Gasteiger partial charge in [-0.05, 0) is 62.4 Å². The number of hydrogen-bond acceptors (Lipinski definition) is 4. The molecule has 1 fully saturated rings.